The number of ether oxygens (including phenoxy) is 3. The zero-order valence-electron chi connectivity index (χ0n) is 17.2. The molecule has 0 spiro atoms. The van der Waals surface area contributed by atoms with Gasteiger partial charge in [0.1, 0.15) is 13.2 Å². The summed E-state index contributed by atoms with van der Waals surface area (Å²) in [5, 5.41) is 0. The van der Waals surface area contributed by atoms with E-state index in [1.807, 2.05) is 18.2 Å². The van der Waals surface area contributed by atoms with E-state index in [9.17, 15) is 0 Å². The van der Waals surface area contributed by atoms with Crippen LogP contribution in [0, 0.1) is 0 Å². The lowest BCUT2D eigenvalue weighted by atomic mass is 10.0. The van der Waals surface area contributed by atoms with Gasteiger partial charge in [0.2, 0.25) is 5.88 Å². The summed E-state index contributed by atoms with van der Waals surface area (Å²) in [6, 6.07) is 21.4. The van der Waals surface area contributed by atoms with Gasteiger partial charge in [-0.2, -0.15) is 0 Å². The normalized spacial score (nSPS) is 18.4. The van der Waals surface area contributed by atoms with Gasteiger partial charge in [0, 0.05) is 24.2 Å². The Bertz CT molecular complexity index is 1020. The number of likely N-dealkylation sites (tertiary alicyclic amines) is 1. The van der Waals surface area contributed by atoms with E-state index in [-0.39, 0.29) is 0 Å². The van der Waals surface area contributed by atoms with Crippen LogP contribution in [0.25, 0.3) is 11.3 Å². The van der Waals surface area contributed by atoms with Gasteiger partial charge in [0.05, 0.1) is 12.8 Å². The van der Waals surface area contributed by atoms with Gasteiger partial charge in [0.15, 0.2) is 11.5 Å². The summed E-state index contributed by atoms with van der Waals surface area (Å²) in [6.45, 7) is 3.30. The molecule has 5 heteroatoms. The molecule has 0 N–H and O–H groups in total. The van der Waals surface area contributed by atoms with Crippen LogP contribution in [0.1, 0.15) is 30.0 Å². The number of hydrogen-bond donors (Lipinski definition) is 0. The van der Waals surface area contributed by atoms with Crippen LogP contribution in [0.2, 0.25) is 0 Å². The molecule has 0 aliphatic carbocycles. The maximum absolute atomic E-state index is 5.79. The van der Waals surface area contributed by atoms with Crippen molar-refractivity contribution in [1.29, 1.82) is 0 Å². The Labute approximate surface area is 177 Å². The lowest BCUT2D eigenvalue weighted by Gasteiger charge is -2.26. The highest BCUT2D eigenvalue weighted by Gasteiger charge is 2.27. The van der Waals surface area contributed by atoms with Crippen molar-refractivity contribution in [2.75, 3.05) is 26.9 Å². The van der Waals surface area contributed by atoms with E-state index < -0.39 is 0 Å². The molecule has 3 heterocycles. The molecule has 0 saturated carbocycles. The highest BCUT2D eigenvalue weighted by molar-refractivity contribution is 5.60. The van der Waals surface area contributed by atoms with Crippen molar-refractivity contribution in [3.05, 3.63) is 71.8 Å². The SMILES string of the molecule is COc1cccc(-c2ccc(CN3CCC[C@@H]3c3ccc4c(c3)OCCO4)cc2)n1. The Morgan fingerprint density at radius 1 is 1.00 bits per heavy atom. The second-order valence-corrected chi connectivity index (χ2v) is 7.79. The number of aromatic nitrogens is 1. The molecule has 0 amide bonds. The molecule has 30 heavy (non-hydrogen) atoms. The Morgan fingerprint density at radius 2 is 1.83 bits per heavy atom. The predicted octanol–water partition coefficient (Wildman–Crippen LogP) is 4.87. The largest absolute Gasteiger partial charge is 0.486 e. The number of benzene rings is 2. The van der Waals surface area contributed by atoms with E-state index in [2.05, 4.69) is 52.3 Å². The Morgan fingerprint density at radius 3 is 2.67 bits per heavy atom. The van der Waals surface area contributed by atoms with Gasteiger partial charge in [-0.3, -0.25) is 4.90 Å². The molecule has 0 bridgehead atoms. The smallest absolute Gasteiger partial charge is 0.213 e. The number of fused-ring (bicyclic) bond motifs is 1. The molecule has 1 aromatic heterocycles. The number of methoxy groups -OCH3 is 1. The van der Waals surface area contributed by atoms with Gasteiger partial charge < -0.3 is 14.2 Å². The van der Waals surface area contributed by atoms with Crippen molar-refractivity contribution in [3.63, 3.8) is 0 Å². The number of nitrogens with zero attached hydrogens (tertiary/aromatic N) is 2. The van der Waals surface area contributed by atoms with Crippen LogP contribution in [0.15, 0.2) is 60.7 Å². The van der Waals surface area contributed by atoms with Crippen LogP contribution in [-0.2, 0) is 6.54 Å². The summed E-state index contributed by atoms with van der Waals surface area (Å²) >= 11 is 0. The van der Waals surface area contributed by atoms with E-state index in [0.29, 0.717) is 25.1 Å². The zero-order valence-corrected chi connectivity index (χ0v) is 17.2. The molecule has 2 aromatic carbocycles. The summed E-state index contributed by atoms with van der Waals surface area (Å²) in [7, 11) is 1.64. The van der Waals surface area contributed by atoms with E-state index in [0.717, 1.165) is 35.8 Å². The third-order valence-corrected chi connectivity index (χ3v) is 5.88. The number of rotatable bonds is 5. The van der Waals surface area contributed by atoms with Crippen LogP contribution in [0.5, 0.6) is 17.4 Å². The van der Waals surface area contributed by atoms with Crippen molar-refractivity contribution < 1.29 is 14.2 Å². The minimum absolute atomic E-state index is 0.417. The van der Waals surface area contributed by atoms with Gasteiger partial charge in [0.25, 0.3) is 0 Å². The van der Waals surface area contributed by atoms with Crippen molar-refractivity contribution in [1.82, 2.24) is 9.88 Å². The lowest BCUT2D eigenvalue weighted by Crippen LogP contribution is -2.23. The quantitative estimate of drug-likeness (QED) is 0.609. The molecule has 5 rings (SSSR count). The topological polar surface area (TPSA) is 43.8 Å². The van der Waals surface area contributed by atoms with Gasteiger partial charge in [-0.15, -0.1) is 0 Å². The summed E-state index contributed by atoms with van der Waals surface area (Å²) in [5.74, 6) is 2.37. The molecule has 3 aromatic rings. The Balaban J connectivity index is 1.31. The van der Waals surface area contributed by atoms with Crippen LogP contribution in [-0.4, -0.2) is 36.8 Å². The molecule has 1 atom stereocenters. The number of pyridine rings is 1. The van der Waals surface area contributed by atoms with E-state index in [1.165, 1.54) is 24.0 Å². The molecule has 0 radical (unpaired) electrons. The van der Waals surface area contributed by atoms with E-state index in [1.54, 1.807) is 7.11 Å². The second kappa shape index (κ2) is 8.36. The monoisotopic (exact) mass is 402 g/mol. The lowest BCUT2D eigenvalue weighted by molar-refractivity contribution is 0.170. The fourth-order valence-corrected chi connectivity index (χ4v) is 4.36. The third-order valence-electron chi connectivity index (χ3n) is 5.88. The molecule has 2 aliphatic rings. The molecule has 5 nitrogen and oxygen atoms in total. The van der Waals surface area contributed by atoms with Gasteiger partial charge in [-0.25, -0.2) is 4.98 Å². The molecular weight excluding hydrogens is 376 g/mol. The van der Waals surface area contributed by atoms with Gasteiger partial charge in [-0.1, -0.05) is 36.4 Å². The van der Waals surface area contributed by atoms with Gasteiger partial charge in [-0.05, 0) is 48.7 Å². The van der Waals surface area contributed by atoms with Crippen LogP contribution >= 0.6 is 0 Å². The standard InChI is InChI=1S/C25H26N2O3/c1-28-25-6-2-4-21(26-25)19-9-7-18(8-10-19)17-27-13-3-5-22(27)20-11-12-23-24(16-20)30-15-14-29-23/h2,4,6-12,16,22H,3,5,13-15,17H2,1H3/t22-/m1/s1. The summed E-state index contributed by atoms with van der Waals surface area (Å²) in [6.07, 6.45) is 2.39. The van der Waals surface area contributed by atoms with E-state index in [4.69, 9.17) is 14.2 Å². The highest BCUT2D eigenvalue weighted by Crippen LogP contribution is 2.38. The average Bonchev–Trinajstić information content (AvgIpc) is 3.27. The Hall–Kier alpha value is -3.05. The number of hydrogen-bond acceptors (Lipinski definition) is 5. The first-order chi connectivity index (χ1) is 14.8. The van der Waals surface area contributed by atoms with Crippen LogP contribution in [0.3, 0.4) is 0 Å². The molecule has 1 fully saturated rings. The predicted molar refractivity (Wildman–Crippen MR) is 116 cm³/mol. The van der Waals surface area contributed by atoms with Crippen molar-refractivity contribution in [2.45, 2.75) is 25.4 Å². The molecule has 0 unspecified atom stereocenters. The molecular formula is C25H26N2O3. The van der Waals surface area contributed by atoms with E-state index >= 15 is 0 Å². The first-order valence-corrected chi connectivity index (χ1v) is 10.5. The summed E-state index contributed by atoms with van der Waals surface area (Å²) in [5.41, 5.74) is 4.65. The zero-order chi connectivity index (χ0) is 20.3. The fraction of sp³-hybridized carbons (Fsp3) is 0.320. The Kier molecular flexibility index (Phi) is 5.28. The molecule has 154 valence electrons. The van der Waals surface area contributed by atoms with Crippen molar-refractivity contribution in [3.8, 4) is 28.6 Å². The molecule has 2 aliphatic heterocycles. The van der Waals surface area contributed by atoms with Crippen LogP contribution < -0.4 is 14.2 Å². The first kappa shape index (κ1) is 18.9. The third kappa shape index (κ3) is 3.85. The second-order valence-electron chi connectivity index (χ2n) is 7.79. The van der Waals surface area contributed by atoms with Crippen molar-refractivity contribution in [2.24, 2.45) is 0 Å². The fourth-order valence-electron chi connectivity index (χ4n) is 4.36. The maximum Gasteiger partial charge on any atom is 0.213 e. The highest BCUT2D eigenvalue weighted by atomic mass is 16.6. The average molecular weight is 402 g/mol. The molecule has 1 saturated heterocycles. The first-order valence-electron chi connectivity index (χ1n) is 10.5. The van der Waals surface area contributed by atoms with Gasteiger partial charge >= 0.3 is 0 Å². The van der Waals surface area contributed by atoms with Crippen molar-refractivity contribution >= 4 is 0 Å². The summed E-state index contributed by atoms with van der Waals surface area (Å²) in [4.78, 5) is 7.09. The van der Waals surface area contributed by atoms with Crippen LogP contribution in [0.4, 0.5) is 0 Å². The summed E-state index contributed by atoms with van der Waals surface area (Å²) < 4.78 is 16.7. The maximum atomic E-state index is 5.79. The minimum Gasteiger partial charge on any atom is -0.486 e. The minimum atomic E-state index is 0.417.